The van der Waals surface area contributed by atoms with E-state index in [-0.39, 0.29) is 5.91 Å². The van der Waals surface area contributed by atoms with Crippen molar-refractivity contribution in [3.05, 3.63) is 20.8 Å². The normalized spacial score (nSPS) is 12.5. The van der Waals surface area contributed by atoms with Crippen LogP contribution in [0, 0.1) is 5.92 Å². The van der Waals surface area contributed by atoms with Crippen molar-refractivity contribution < 1.29 is 4.79 Å². The summed E-state index contributed by atoms with van der Waals surface area (Å²) >= 11 is 4.85. The highest BCUT2D eigenvalue weighted by Gasteiger charge is 2.08. The lowest BCUT2D eigenvalue weighted by atomic mass is 10.2. The monoisotopic (exact) mass is 290 g/mol. The molecule has 1 heterocycles. The van der Waals surface area contributed by atoms with E-state index in [1.54, 1.807) is 0 Å². The minimum Gasteiger partial charge on any atom is -0.352 e. The van der Waals surface area contributed by atoms with Crippen molar-refractivity contribution in [1.29, 1.82) is 0 Å². The third-order valence-corrected chi connectivity index (χ3v) is 3.50. The molecule has 0 saturated carbocycles. The van der Waals surface area contributed by atoms with Gasteiger partial charge in [0.05, 0.1) is 9.35 Å². The Morgan fingerprint density at radius 3 is 2.87 bits per heavy atom. The first-order valence-corrected chi connectivity index (χ1v) is 6.47. The second kappa shape index (κ2) is 6.25. The van der Waals surface area contributed by atoms with E-state index in [1.165, 1.54) is 11.3 Å². The van der Waals surface area contributed by atoms with Crippen molar-refractivity contribution in [2.24, 2.45) is 5.92 Å². The smallest absolute Gasteiger partial charge is 0.252 e. The highest BCUT2D eigenvalue weighted by atomic mass is 79.9. The molecule has 3 nitrogen and oxygen atoms in total. The van der Waals surface area contributed by atoms with Gasteiger partial charge in [-0.2, -0.15) is 0 Å². The van der Waals surface area contributed by atoms with Crippen LogP contribution in [0.5, 0.6) is 0 Å². The summed E-state index contributed by atoms with van der Waals surface area (Å²) in [4.78, 5) is 11.6. The number of hydrogen-bond acceptors (Lipinski definition) is 3. The summed E-state index contributed by atoms with van der Waals surface area (Å²) in [6.45, 7) is 3.71. The Balaban J connectivity index is 2.36. The number of halogens is 1. The van der Waals surface area contributed by atoms with Crippen LogP contribution in [0.1, 0.15) is 17.3 Å². The first-order chi connectivity index (χ1) is 7.13. The van der Waals surface area contributed by atoms with Gasteiger partial charge >= 0.3 is 0 Å². The van der Waals surface area contributed by atoms with Gasteiger partial charge in [-0.05, 0) is 41.5 Å². The number of rotatable bonds is 5. The lowest BCUT2D eigenvalue weighted by molar-refractivity contribution is 0.0948. The highest BCUT2D eigenvalue weighted by Crippen LogP contribution is 2.20. The van der Waals surface area contributed by atoms with E-state index in [2.05, 4.69) is 33.5 Å². The first-order valence-electron chi connectivity index (χ1n) is 4.80. The van der Waals surface area contributed by atoms with Crippen LogP contribution in [-0.4, -0.2) is 26.0 Å². The molecule has 0 aliphatic rings. The molecule has 1 unspecified atom stereocenters. The zero-order valence-electron chi connectivity index (χ0n) is 8.84. The average molecular weight is 291 g/mol. The molecule has 0 radical (unpaired) electrons. The highest BCUT2D eigenvalue weighted by molar-refractivity contribution is 9.11. The van der Waals surface area contributed by atoms with Gasteiger partial charge in [0.2, 0.25) is 0 Å². The van der Waals surface area contributed by atoms with Crippen molar-refractivity contribution in [2.75, 3.05) is 20.1 Å². The Hall–Kier alpha value is -0.390. The second-order valence-electron chi connectivity index (χ2n) is 3.51. The average Bonchev–Trinajstić information content (AvgIpc) is 2.62. The summed E-state index contributed by atoms with van der Waals surface area (Å²) in [5.74, 6) is 0.445. The van der Waals surface area contributed by atoms with Crippen LogP contribution in [0.4, 0.5) is 0 Å². The Kier molecular flexibility index (Phi) is 5.28. The molecule has 0 aromatic carbocycles. The molecule has 0 bridgehead atoms. The second-order valence-corrected chi connectivity index (χ2v) is 5.80. The summed E-state index contributed by atoms with van der Waals surface area (Å²) < 4.78 is 0.982. The van der Waals surface area contributed by atoms with Crippen LogP contribution < -0.4 is 10.6 Å². The van der Waals surface area contributed by atoms with Gasteiger partial charge in [-0.3, -0.25) is 4.79 Å². The molecule has 0 aliphatic heterocycles. The fraction of sp³-hybridized carbons (Fsp3) is 0.500. The summed E-state index contributed by atoms with van der Waals surface area (Å²) in [7, 11) is 1.91. The van der Waals surface area contributed by atoms with Crippen LogP contribution in [-0.2, 0) is 0 Å². The molecule has 15 heavy (non-hydrogen) atoms. The van der Waals surface area contributed by atoms with Crippen LogP contribution >= 0.6 is 27.3 Å². The maximum absolute atomic E-state index is 11.6. The van der Waals surface area contributed by atoms with E-state index in [0.717, 1.165) is 15.9 Å². The van der Waals surface area contributed by atoms with Gasteiger partial charge in [-0.15, -0.1) is 11.3 Å². The van der Waals surface area contributed by atoms with E-state index >= 15 is 0 Å². The van der Waals surface area contributed by atoms with Crippen LogP contribution in [0.15, 0.2) is 15.2 Å². The van der Waals surface area contributed by atoms with Crippen molar-refractivity contribution in [2.45, 2.75) is 6.92 Å². The molecule has 1 amide bonds. The standard InChI is InChI=1S/C10H15BrN2OS/c1-7(4-12-2)5-13-10(14)8-3-9(11)15-6-8/h3,6-7,12H,4-5H2,1-2H3,(H,13,14). The van der Waals surface area contributed by atoms with E-state index < -0.39 is 0 Å². The van der Waals surface area contributed by atoms with Gasteiger partial charge in [0.1, 0.15) is 0 Å². The topological polar surface area (TPSA) is 41.1 Å². The van der Waals surface area contributed by atoms with Gasteiger partial charge in [-0.25, -0.2) is 0 Å². The number of thiophene rings is 1. The van der Waals surface area contributed by atoms with Crippen LogP contribution in [0.2, 0.25) is 0 Å². The fourth-order valence-corrected chi connectivity index (χ4v) is 2.36. The van der Waals surface area contributed by atoms with Crippen LogP contribution in [0.25, 0.3) is 0 Å². The van der Waals surface area contributed by atoms with Crippen molar-refractivity contribution in [3.63, 3.8) is 0 Å². The maximum atomic E-state index is 11.6. The maximum Gasteiger partial charge on any atom is 0.252 e. The SMILES string of the molecule is CNCC(C)CNC(=O)c1csc(Br)c1. The van der Waals surface area contributed by atoms with Gasteiger partial charge in [0.15, 0.2) is 0 Å². The lowest BCUT2D eigenvalue weighted by Gasteiger charge is -2.11. The number of carbonyl (C=O) groups is 1. The van der Waals surface area contributed by atoms with Crippen molar-refractivity contribution >= 4 is 33.2 Å². The van der Waals surface area contributed by atoms with Gasteiger partial charge in [0, 0.05) is 11.9 Å². The molecular formula is C10H15BrN2OS. The predicted octanol–water partition coefficient (Wildman–Crippen LogP) is 2.10. The fourth-order valence-electron chi connectivity index (χ4n) is 1.22. The molecule has 1 atom stereocenters. The van der Waals surface area contributed by atoms with Gasteiger partial charge in [0.25, 0.3) is 5.91 Å². The minimum atomic E-state index is -0.0000898. The molecule has 0 spiro atoms. The number of amides is 1. The molecule has 2 N–H and O–H groups in total. The van der Waals surface area contributed by atoms with Gasteiger partial charge < -0.3 is 10.6 Å². The van der Waals surface area contributed by atoms with Gasteiger partial charge in [-0.1, -0.05) is 6.92 Å². The largest absolute Gasteiger partial charge is 0.352 e. The van der Waals surface area contributed by atoms with Crippen molar-refractivity contribution in [1.82, 2.24) is 10.6 Å². The Morgan fingerprint density at radius 2 is 2.33 bits per heavy atom. The summed E-state index contributed by atoms with van der Waals surface area (Å²) in [5, 5.41) is 7.83. The zero-order chi connectivity index (χ0) is 11.3. The molecule has 1 rings (SSSR count). The van der Waals surface area contributed by atoms with E-state index in [1.807, 2.05) is 18.5 Å². The summed E-state index contributed by atoms with van der Waals surface area (Å²) in [5.41, 5.74) is 0.725. The number of carbonyl (C=O) groups excluding carboxylic acids is 1. The summed E-state index contributed by atoms with van der Waals surface area (Å²) in [6, 6.07) is 1.84. The number of hydrogen-bond donors (Lipinski definition) is 2. The van der Waals surface area contributed by atoms with Crippen molar-refractivity contribution in [3.8, 4) is 0 Å². The molecule has 5 heteroatoms. The first kappa shape index (κ1) is 12.7. The molecule has 0 fully saturated rings. The third-order valence-electron chi connectivity index (χ3n) is 1.99. The third kappa shape index (κ3) is 4.32. The lowest BCUT2D eigenvalue weighted by Crippen LogP contribution is -2.31. The van der Waals surface area contributed by atoms with E-state index in [0.29, 0.717) is 12.5 Å². The molecule has 0 aliphatic carbocycles. The minimum absolute atomic E-state index is 0.0000898. The molecular weight excluding hydrogens is 276 g/mol. The molecule has 0 saturated heterocycles. The molecule has 1 aromatic heterocycles. The quantitative estimate of drug-likeness (QED) is 0.872. The predicted molar refractivity (Wildman–Crippen MR) is 67.4 cm³/mol. The molecule has 84 valence electrons. The Labute approximate surface area is 102 Å². The number of nitrogens with one attached hydrogen (secondary N) is 2. The Bertz CT molecular complexity index is 327. The summed E-state index contributed by atoms with van der Waals surface area (Å²) in [6.07, 6.45) is 0. The van der Waals surface area contributed by atoms with E-state index in [9.17, 15) is 4.79 Å². The van der Waals surface area contributed by atoms with E-state index in [4.69, 9.17) is 0 Å². The zero-order valence-corrected chi connectivity index (χ0v) is 11.2. The Morgan fingerprint density at radius 1 is 1.60 bits per heavy atom. The molecule has 1 aromatic rings. The van der Waals surface area contributed by atoms with Crippen LogP contribution in [0.3, 0.4) is 0 Å².